The van der Waals surface area contributed by atoms with Crippen LogP contribution in [-0.4, -0.2) is 17.7 Å². The van der Waals surface area contributed by atoms with E-state index in [0.29, 0.717) is 13.2 Å². The van der Waals surface area contributed by atoms with E-state index in [2.05, 4.69) is 0 Å². The predicted molar refractivity (Wildman–Crippen MR) is 54.4 cm³/mol. The lowest BCUT2D eigenvalue weighted by atomic mass is 9.93. The number of benzene rings is 1. The van der Waals surface area contributed by atoms with Gasteiger partial charge in [0.05, 0.1) is 6.61 Å². The SMILES string of the molecule is NCc1cccc2c1CCO[C@@H]2C(=O)O. The Morgan fingerprint density at radius 3 is 3.07 bits per heavy atom. The Labute approximate surface area is 87.7 Å². The van der Waals surface area contributed by atoms with E-state index >= 15 is 0 Å². The Bertz CT molecular complexity index is 389. The van der Waals surface area contributed by atoms with Crippen molar-refractivity contribution in [3.05, 3.63) is 34.9 Å². The number of hydrogen-bond donors (Lipinski definition) is 2. The topological polar surface area (TPSA) is 72.5 Å². The van der Waals surface area contributed by atoms with Gasteiger partial charge in [-0.2, -0.15) is 0 Å². The minimum atomic E-state index is -0.940. The first-order valence-electron chi connectivity index (χ1n) is 4.89. The van der Waals surface area contributed by atoms with E-state index in [9.17, 15) is 4.79 Å². The molecule has 2 rings (SSSR count). The Balaban J connectivity index is 2.48. The van der Waals surface area contributed by atoms with Gasteiger partial charge in [0.15, 0.2) is 6.10 Å². The van der Waals surface area contributed by atoms with Crippen LogP contribution in [0, 0.1) is 0 Å². The van der Waals surface area contributed by atoms with Gasteiger partial charge in [-0.25, -0.2) is 4.79 Å². The molecule has 1 aliphatic rings. The molecule has 1 heterocycles. The number of hydrogen-bond acceptors (Lipinski definition) is 3. The van der Waals surface area contributed by atoms with Gasteiger partial charge in [-0.15, -0.1) is 0 Å². The van der Waals surface area contributed by atoms with Gasteiger partial charge in [-0.05, 0) is 23.1 Å². The Kier molecular flexibility index (Phi) is 2.70. The molecule has 0 radical (unpaired) electrons. The number of carboxylic acid groups (broad SMARTS) is 1. The van der Waals surface area contributed by atoms with Crippen molar-refractivity contribution >= 4 is 5.97 Å². The molecule has 3 N–H and O–H groups in total. The maximum absolute atomic E-state index is 11.0. The number of fused-ring (bicyclic) bond motifs is 1. The third kappa shape index (κ3) is 1.73. The molecule has 0 aliphatic carbocycles. The maximum atomic E-state index is 11.0. The molecule has 0 aromatic heterocycles. The van der Waals surface area contributed by atoms with Crippen LogP contribution in [0.4, 0.5) is 0 Å². The van der Waals surface area contributed by atoms with Crippen molar-refractivity contribution < 1.29 is 14.6 Å². The van der Waals surface area contributed by atoms with Gasteiger partial charge < -0.3 is 15.6 Å². The normalized spacial score (nSPS) is 19.7. The van der Waals surface area contributed by atoms with Crippen LogP contribution >= 0.6 is 0 Å². The Hall–Kier alpha value is -1.39. The summed E-state index contributed by atoms with van der Waals surface area (Å²) >= 11 is 0. The molecule has 0 unspecified atom stereocenters. The molecule has 0 fully saturated rings. The van der Waals surface area contributed by atoms with Crippen LogP contribution in [0.2, 0.25) is 0 Å². The van der Waals surface area contributed by atoms with Crippen LogP contribution in [-0.2, 0) is 22.5 Å². The first kappa shape index (κ1) is 10.1. The molecule has 0 bridgehead atoms. The average Bonchev–Trinajstić information content (AvgIpc) is 2.27. The van der Waals surface area contributed by atoms with Crippen LogP contribution in [0.5, 0.6) is 0 Å². The number of aliphatic carboxylic acids is 1. The van der Waals surface area contributed by atoms with Crippen molar-refractivity contribution in [1.29, 1.82) is 0 Å². The fraction of sp³-hybridized carbons (Fsp3) is 0.364. The molecule has 80 valence electrons. The Morgan fingerprint density at radius 1 is 1.60 bits per heavy atom. The van der Waals surface area contributed by atoms with E-state index in [1.807, 2.05) is 12.1 Å². The van der Waals surface area contributed by atoms with Crippen molar-refractivity contribution in [2.45, 2.75) is 19.1 Å². The zero-order chi connectivity index (χ0) is 10.8. The third-order valence-corrected chi connectivity index (χ3v) is 2.67. The van der Waals surface area contributed by atoms with Gasteiger partial charge in [0.1, 0.15) is 0 Å². The number of rotatable bonds is 2. The van der Waals surface area contributed by atoms with Crippen molar-refractivity contribution in [3.63, 3.8) is 0 Å². The second-order valence-corrected chi connectivity index (χ2v) is 3.53. The van der Waals surface area contributed by atoms with Crippen molar-refractivity contribution in [2.75, 3.05) is 6.61 Å². The predicted octanol–water partition coefficient (Wildman–Crippen LogP) is 0.844. The molecule has 4 heteroatoms. The summed E-state index contributed by atoms with van der Waals surface area (Å²) in [6.07, 6.45) is -0.0906. The summed E-state index contributed by atoms with van der Waals surface area (Å²) in [5.74, 6) is -0.940. The molecule has 15 heavy (non-hydrogen) atoms. The summed E-state index contributed by atoms with van der Waals surface area (Å²) in [7, 11) is 0. The van der Waals surface area contributed by atoms with Crippen LogP contribution < -0.4 is 5.73 Å². The van der Waals surface area contributed by atoms with E-state index in [1.165, 1.54) is 0 Å². The molecule has 1 atom stereocenters. The fourth-order valence-electron chi connectivity index (χ4n) is 1.97. The summed E-state index contributed by atoms with van der Waals surface area (Å²) < 4.78 is 5.22. The van der Waals surface area contributed by atoms with Crippen LogP contribution in [0.15, 0.2) is 18.2 Å². The van der Waals surface area contributed by atoms with Crippen molar-refractivity contribution in [2.24, 2.45) is 5.73 Å². The molecule has 0 amide bonds. The molecule has 0 saturated carbocycles. The number of carboxylic acids is 1. The highest BCUT2D eigenvalue weighted by molar-refractivity contribution is 5.75. The Morgan fingerprint density at radius 2 is 2.40 bits per heavy atom. The van der Waals surface area contributed by atoms with E-state index in [4.69, 9.17) is 15.6 Å². The highest BCUT2D eigenvalue weighted by Gasteiger charge is 2.27. The highest BCUT2D eigenvalue weighted by Crippen LogP contribution is 2.29. The molecule has 4 nitrogen and oxygen atoms in total. The fourth-order valence-corrected chi connectivity index (χ4v) is 1.97. The lowest BCUT2D eigenvalue weighted by Crippen LogP contribution is -2.24. The molecule has 0 saturated heterocycles. The van der Waals surface area contributed by atoms with Gasteiger partial charge in [0.2, 0.25) is 0 Å². The highest BCUT2D eigenvalue weighted by atomic mass is 16.5. The monoisotopic (exact) mass is 207 g/mol. The summed E-state index contributed by atoms with van der Waals surface area (Å²) in [5, 5.41) is 8.99. The van der Waals surface area contributed by atoms with Crippen LogP contribution in [0.3, 0.4) is 0 Å². The number of ether oxygens (including phenoxy) is 1. The van der Waals surface area contributed by atoms with Crippen LogP contribution in [0.1, 0.15) is 22.8 Å². The number of carbonyl (C=O) groups is 1. The summed E-state index contributed by atoms with van der Waals surface area (Å²) in [5.41, 5.74) is 8.41. The number of nitrogens with two attached hydrogens (primary N) is 1. The quantitative estimate of drug-likeness (QED) is 0.753. The van der Waals surface area contributed by atoms with Crippen molar-refractivity contribution in [1.82, 2.24) is 0 Å². The lowest BCUT2D eigenvalue weighted by Gasteiger charge is -2.24. The molecule has 0 spiro atoms. The lowest BCUT2D eigenvalue weighted by molar-refractivity contribution is -0.151. The summed E-state index contributed by atoms with van der Waals surface area (Å²) in [6.45, 7) is 0.885. The third-order valence-electron chi connectivity index (χ3n) is 2.67. The molecule has 1 aromatic rings. The van der Waals surface area contributed by atoms with E-state index in [-0.39, 0.29) is 0 Å². The summed E-state index contributed by atoms with van der Waals surface area (Å²) in [6, 6.07) is 5.56. The van der Waals surface area contributed by atoms with Crippen molar-refractivity contribution in [3.8, 4) is 0 Å². The molecular formula is C11H13NO3. The van der Waals surface area contributed by atoms with Crippen LogP contribution in [0.25, 0.3) is 0 Å². The average molecular weight is 207 g/mol. The standard InChI is InChI=1S/C11H13NO3/c12-6-7-2-1-3-9-8(7)4-5-15-10(9)11(13)14/h1-3,10H,4-6,12H2,(H,13,14)/t10-/m0/s1. The molecule has 1 aromatic carbocycles. The first-order chi connectivity index (χ1) is 7.24. The van der Waals surface area contributed by atoms with Gasteiger partial charge in [0, 0.05) is 6.54 Å². The second-order valence-electron chi connectivity index (χ2n) is 3.53. The van der Waals surface area contributed by atoms with E-state index in [1.54, 1.807) is 6.07 Å². The smallest absolute Gasteiger partial charge is 0.337 e. The largest absolute Gasteiger partial charge is 0.479 e. The maximum Gasteiger partial charge on any atom is 0.337 e. The minimum Gasteiger partial charge on any atom is -0.479 e. The first-order valence-corrected chi connectivity index (χ1v) is 4.89. The van der Waals surface area contributed by atoms with Gasteiger partial charge in [-0.3, -0.25) is 0 Å². The molecular weight excluding hydrogens is 194 g/mol. The summed E-state index contributed by atoms with van der Waals surface area (Å²) in [4.78, 5) is 11.0. The zero-order valence-electron chi connectivity index (χ0n) is 8.27. The van der Waals surface area contributed by atoms with E-state index in [0.717, 1.165) is 23.1 Å². The van der Waals surface area contributed by atoms with Gasteiger partial charge in [-0.1, -0.05) is 18.2 Å². The zero-order valence-corrected chi connectivity index (χ0v) is 8.27. The molecule has 1 aliphatic heterocycles. The van der Waals surface area contributed by atoms with Gasteiger partial charge in [0.25, 0.3) is 0 Å². The second kappa shape index (κ2) is 4.00. The minimum absolute atomic E-state index is 0.440. The van der Waals surface area contributed by atoms with E-state index < -0.39 is 12.1 Å². The van der Waals surface area contributed by atoms with Gasteiger partial charge >= 0.3 is 5.97 Å².